The van der Waals surface area contributed by atoms with Crippen molar-refractivity contribution in [3.63, 3.8) is 0 Å². The number of anilines is 1. The van der Waals surface area contributed by atoms with Gasteiger partial charge in [-0.1, -0.05) is 50.2 Å². The second-order valence-corrected chi connectivity index (χ2v) is 5.50. The van der Waals surface area contributed by atoms with Crippen molar-refractivity contribution in [3.8, 4) is 0 Å². The van der Waals surface area contributed by atoms with Crippen molar-refractivity contribution in [1.29, 1.82) is 0 Å². The first-order chi connectivity index (χ1) is 9.56. The van der Waals surface area contributed by atoms with Gasteiger partial charge in [-0.15, -0.1) is 0 Å². The first-order valence-electron chi connectivity index (χ1n) is 7.01. The second kappa shape index (κ2) is 6.42. The standard InChI is InChI=1S/C17H21NO2/c1-12(2)11-13(3)20-17(19)18-16-10-6-8-14-7-4-5-9-15(14)16/h4-10,12-13H,11H2,1-3H3,(H,18,19)/t13-/m0/s1. The number of carbonyl (C=O) groups is 1. The van der Waals surface area contributed by atoms with Crippen molar-refractivity contribution in [1.82, 2.24) is 0 Å². The molecule has 3 heteroatoms. The van der Waals surface area contributed by atoms with Gasteiger partial charge in [-0.25, -0.2) is 4.79 Å². The maximum atomic E-state index is 11.9. The SMILES string of the molecule is CC(C)C[C@H](C)OC(=O)Nc1cccc2ccccc12. The molecule has 0 spiro atoms. The molecule has 0 saturated heterocycles. The van der Waals surface area contributed by atoms with Gasteiger partial charge in [0.1, 0.15) is 6.10 Å². The molecular formula is C17H21NO2. The number of carbonyl (C=O) groups excluding carboxylic acids is 1. The molecule has 3 nitrogen and oxygen atoms in total. The van der Waals surface area contributed by atoms with E-state index in [4.69, 9.17) is 4.74 Å². The zero-order valence-corrected chi connectivity index (χ0v) is 12.2. The molecule has 1 amide bonds. The summed E-state index contributed by atoms with van der Waals surface area (Å²) in [5, 5.41) is 4.94. The minimum atomic E-state index is -0.394. The summed E-state index contributed by atoms with van der Waals surface area (Å²) in [7, 11) is 0. The Morgan fingerprint density at radius 1 is 1.10 bits per heavy atom. The first kappa shape index (κ1) is 14.4. The van der Waals surface area contributed by atoms with Crippen LogP contribution in [0.25, 0.3) is 10.8 Å². The van der Waals surface area contributed by atoms with Crippen LogP contribution in [0.3, 0.4) is 0 Å². The maximum absolute atomic E-state index is 11.9. The van der Waals surface area contributed by atoms with Gasteiger partial charge >= 0.3 is 6.09 Å². The van der Waals surface area contributed by atoms with Crippen LogP contribution >= 0.6 is 0 Å². The van der Waals surface area contributed by atoms with Crippen LogP contribution in [0.4, 0.5) is 10.5 Å². The molecule has 0 unspecified atom stereocenters. The number of hydrogen-bond donors (Lipinski definition) is 1. The zero-order chi connectivity index (χ0) is 14.5. The van der Waals surface area contributed by atoms with E-state index in [2.05, 4.69) is 19.2 Å². The van der Waals surface area contributed by atoms with Crippen molar-refractivity contribution in [2.75, 3.05) is 5.32 Å². The van der Waals surface area contributed by atoms with Crippen molar-refractivity contribution >= 4 is 22.6 Å². The molecule has 0 aliphatic rings. The largest absolute Gasteiger partial charge is 0.446 e. The molecule has 0 saturated carbocycles. The summed E-state index contributed by atoms with van der Waals surface area (Å²) in [5.41, 5.74) is 0.782. The van der Waals surface area contributed by atoms with Crippen molar-refractivity contribution < 1.29 is 9.53 Å². The van der Waals surface area contributed by atoms with Gasteiger partial charge in [0.05, 0.1) is 5.69 Å². The fourth-order valence-electron chi connectivity index (χ4n) is 2.37. The van der Waals surface area contributed by atoms with Crippen LogP contribution in [-0.4, -0.2) is 12.2 Å². The molecule has 0 aromatic heterocycles. The minimum absolute atomic E-state index is 0.0787. The third-order valence-electron chi connectivity index (χ3n) is 3.14. The molecule has 1 N–H and O–H groups in total. The van der Waals surface area contributed by atoms with Crippen LogP contribution in [0.2, 0.25) is 0 Å². The van der Waals surface area contributed by atoms with Gasteiger partial charge in [-0.2, -0.15) is 0 Å². The molecule has 0 bridgehead atoms. The van der Waals surface area contributed by atoms with Gasteiger partial charge in [0.15, 0.2) is 0 Å². The summed E-state index contributed by atoms with van der Waals surface area (Å²) in [5.74, 6) is 0.510. The Bertz CT molecular complexity index is 587. The summed E-state index contributed by atoms with van der Waals surface area (Å²) >= 11 is 0. The lowest BCUT2D eigenvalue weighted by Crippen LogP contribution is -2.21. The highest BCUT2D eigenvalue weighted by atomic mass is 16.6. The third-order valence-corrected chi connectivity index (χ3v) is 3.14. The van der Waals surface area contributed by atoms with Gasteiger partial charge in [0.2, 0.25) is 0 Å². The number of rotatable bonds is 4. The molecule has 2 aromatic rings. The van der Waals surface area contributed by atoms with Gasteiger partial charge in [-0.3, -0.25) is 5.32 Å². The zero-order valence-electron chi connectivity index (χ0n) is 12.2. The van der Waals surface area contributed by atoms with Crippen molar-refractivity contribution in [3.05, 3.63) is 42.5 Å². The van der Waals surface area contributed by atoms with E-state index >= 15 is 0 Å². The first-order valence-corrected chi connectivity index (χ1v) is 7.01. The predicted molar refractivity (Wildman–Crippen MR) is 83.0 cm³/mol. The molecule has 0 heterocycles. The maximum Gasteiger partial charge on any atom is 0.411 e. The molecule has 0 fully saturated rings. The number of benzene rings is 2. The summed E-state index contributed by atoms with van der Waals surface area (Å²) in [6, 6.07) is 13.8. The average Bonchev–Trinajstić information content (AvgIpc) is 2.38. The Kier molecular flexibility index (Phi) is 4.61. The lowest BCUT2D eigenvalue weighted by Gasteiger charge is -2.16. The Morgan fingerprint density at radius 3 is 2.55 bits per heavy atom. The van der Waals surface area contributed by atoms with E-state index in [-0.39, 0.29) is 6.10 Å². The van der Waals surface area contributed by atoms with Gasteiger partial charge in [0, 0.05) is 5.39 Å². The van der Waals surface area contributed by atoms with E-state index in [1.54, 1.807) is 0 Å². The highest BCUT2D eigenvalue weighted by Crippen LogP contribution is 2.23. The van der Waals surface area contributed by atoms with E-state index in [0.29, 0.717) is 5.92 Å². The fourth-order valence-corrected chi connectivity index (χ4v) is 2.37. The van der Waals surface area contributed by atoms with Gasteiger partial charge < -0.3 is 4.74 Å². The molecule has 20 heavy (non-hydrogen) atoms. The number of amides is 1. The lowest BCUT2D eigenvalue weighted by molar-refractivity contribution is 0.108. The van der Waals surface area contributed by atoms with E-state index < -0.39 is 6.09 Å². The molecule has 0 aliphatic carbocycles. The third kappa shape index (κ3) is 3.73. The Hall–Kier alpha value is -2.03. The molecule has 2 aromatic carbocycles. The van der Waals surface area contributed by atoms with Crippen LogP contribution in [0.1, 0.15) is 27.2 Å². The van der Waals surface area contributed by atoms with Crippen LogP contribution < -0.4 is 5.32 Å². The van der Waals surface area contributed by atoms with Crippen molar-refractivity contribution in [2.24, 2.45) is 5.92 Å². The normalized spacial score (nSPS) is 12.4. The van der Waals surface area contributed by atoms with Crippen LogP contribution in [0.5, 0.6) is 0 Å². The smallest absolute Gasteiger partial charge is 0.411 e. The highest BCUT2D eigenvalue weighted by Gasteiger charge is 2.12. The molecule has 0 radical (unpaired) electrons. The fraction of sp³-hybridized carbons (Fsp3) is 0.353. The monoisotopic (exact) mass is 271 g/mol. The Morgan fingerprint density at radius 2 is 1.80 bits per heavy atom. The number of fused-ring (bicyclic) bond motifs is 1. The van der Waals surface area contributed by atoms with E-state index in [1.165, 1.54) is 0 Å². The molecule has 1 atom stereocenters. The topological polar surface area (TPSA) is 38.3 Å². The van der Waals surface area contributed by atoms with E-state index in [0.717, 1.165) is 22.9 Å². The summed E-state index contributed by atoms with van der Waals surface area (Å²) in [4.78, 5) is 11.9. The molecular weight excluding hydrogens is 250 g/mol. The average molecular weight is 271 g/mol. The predicted octanol–water partition coefficient (Wildman–Crippen LogP) is 4.82. The van der Waals surface area contributed by atoms with Gasteiger partial charge in [-0.05, 0) is 30.7 Å². The lowest BCUT2D eigenvalue weighted by atomic mass is 10.1. The summed E-state index contributed by atoms with van der Waals surface area (Å²) < 4.78 is 5.36. The number of ether oxygens (including phenoxy) is 1. The van der Waals surface area contributed by atoms with Crippen LogP contribution in [-0.2, 0) is 4.74 Å². The molecule has 106 valence electrons. The summed E-state index contributed by atoms with van der Waals surface area (Å²) in [6.45, 7) is 6.15. The Labute approximate surface area is 119 Å². The quantitative estimate of drug-likeness (QED) is 0.865. The summed E-state index contributed by atoms with van der Waals surface area (Å²) in [6.07, 6.45) is 0.391. The second-order valence-electron chi connectivity index (χ2n) is 5.50. The number of nitrogens with one attached hydrogen (secondary N) is 1. The molecule has 2 rings (SSSR count). The van der Waals surface area contributed by atoms with E-state index in [9.17, 15) is 4.79 Å². The van der Waals surface area contributed by atoms with Crippen molar-refractivity contribution in [2.45, 2.75) is 33.3 Å². The molecule has 0 aliphatic heterocycles. The minimum Gasteiger partial charge on any atom is -0.446 e. The van der Waals surface area contributed by atoms with E-state index in [1.807, 2.05) is 49.4 Å². The van der Waals surface area contributed by atoms with Crippen LogP contribution in [0, 0.1) is 5.92 Å². The van der Waals surface area contributed by atoms with Gasteiger partial charge in [0.25, 0.3) is 0 Å². The highest BCUT2D eigenvalue weighted by molar-refractivity contribution is 6.00. The number of hydrogen-bond acceptors (Lipinski definition) is 2. The van der Waals surface area contributed by atoms with Crippen LogP contribution in [0.15, 0.2) is 42.5 Å². The Balaban J connectivity index is 2.06.